The second-order valence-corrected chi connectivity index (χ2v) is 6.12. The number of hydrogen-bond donors (Lipinski definition) is 1. The number of nitrogens with one attached hydrogen (secondary N) is 1. The monoisotopic (exact) mass is 308 g/mol. The third-order valence-electron chi connectivity index (χ3n) is 4.10. The first kappa shape index (κ1) is 12.2. The topological polar surface area (TPSA) is 32.3 Å². The van der Waals surface area contributed by atoms with Gasteiger partial charge in [-0.2, -0.15) is 0 Å². The van der Waals surface area contributed by atoms with Crippen molar-refractivity contribution in [1.82, 2.24) is 10.2 Å². The molecule has 0 radical (unpaired) electrons. The van der Waals surface area contributed by atoms with E-state index in [2.05, 4.69) is 21.2 Å². The van der Waals surface area contributed by atoms with Gasteiger partial charge in [-0.3, -0.25) is 4.79 Å². The predicted octanol–water partition coefficient (Wildman–Crippen LogP) is 2.05. The number of benzene rings is 1. The van der Waals surface area contributed by atoms with E-state index in [-0.39, 0.29) is 5.91 Å². The van der Waals surface area contributed by atoms with Crippen molar-refractivity contribution in [1.29, 1.82) is 0 Å². The molecular formula is C14H17BrN2O. The fourth-order valence-corrected chi connectivity index (χ4v) is 3.44. The molecule has 1 N–H and O–H groups in total. The molecule has 2 fully saturated rings. The van der Waals surface area contributed by atoms with Crippen LogP contribution < -0.4 is 5.32 Å². The van der Waals surface area contributed by atoms with Gasteiger partial charge >= 0.3 is 0 Å². The number of rotatable bonds is 1. The fraction of sp³-hybridized carbons (Fsp3) is 0.500. The average Bonchev–Trinajstić information content (AvgIpc) is 2.92. The highest BCUT2D eigenvalue weighted by atomic mass is 79.9. The lowest BCUT2D eigenvalue weighted by Gasteiger charge is -2.18. The third-order valence-corrected chi connectivity index (χ3v) is 5.15. The molecule has 1 amide bonds. The Labute approximate surface area is 116 Å². The maximum Gasteiger partial charge on any atom is 0.255 e. The highest BCUT2D eigenvalue weighted by Gasteiger charge is 2.38. The Morgan fingerprint density at radius 1 is 1.33 bits per heavy atom. The minimum Gasteiger partial charge on any atom is -0.338 e. The third kappa shape index (κ3) is 1.97. The zero-order valence-electron chi connectivity index (χ0n) is 10.4. The van der Waals surface area contributed by atoms with E-state index in [0.717, 1.165) is 41.8 Å². The van der Waals surface area contributed by atoms with Gasteiger partial charge in [-0.1, -0.05) is 12.1 Å². The summed E-state index contributed by atoms with van der Waals surface area (Å²) >= 11 is 3.53. The minimum atomic E-state index is 0.167. The molecule has 2 saturated heterocycles. The Hall–Kier alpha value is -0.870. The van der Waals surface area contributed by atoms with Gasteiger partial charge in [0.2, 0.25) is 0 Å². The van der Waals surface area contributed by atoms with Gasteiger partial charge in [0.1, 0.15) is 0 Å². The number of carbonyl (C=O) groups is 1. The molecule has 0 aliphatic carbocycles. The molecule has 0 spiro atoms. The first-order chi connectivity index (χ1) is 8.66. The fourth-order valence-electron chi connectivity index (χ4n) is 3.00. The number of hydrogen-bond acceptors (Lipinski definition) is 2. The van der Waals surface area contributed by atoms with Crippen molar-refractivity contribution in [2.75, 3.05) is 26.2 Å². The van der Waals surface area contributed by atoms with Gasteiger partial charge in [0.15, 0.2) is 0 Å². The van der Waals surface area contributed by atoms with Crippen molar-refractivity contribution in [2.24, 2.45) is 11.8 Å². The number of nitrogens with zero attached hydrogens (tertiary/aromatic N) is 1. The first-order valence-corrected chi connectivity index (χ1v) is 7.21. The summed E-state index contributed by atoms with van der Waals surface area (Å²) in [7, 11) is 0. The standard InChI is InChI=1S/C14H17BrN2O/c1-9-3-2-4-12(13(9)15)14(18)17-7-10-5-16-6-11(10)8-17/h2-4,10-11,16H,5-8H2,1H3. The van der Waals surface area contributed by atoms with E-state index >= 15 is 0 Å². The lowest BCUT2D eigenvalue weighted by molar-refractivity contribution is 0.0780. The van der Waals surface area contributed by atoms with E-state index in [1.54, 1.807) is 0 Å². The first-order valence-electron chi connectivity index (χ1n) is 6.42. The van der Waals surface area contributed by atoms with Gasteiger partial charge in [0.25, 0.3) is 5.91 Å². The number of likely N-dealkylation sites (tertiary alicyclic amines) is 1. The second-order valence-electron chi connectivity index (χ2n) is 5.32. The van der Waals surface area contributed by atoms with Crippen LogP contribution in [0.4, 0.5) is 0 Å². The Morgan fingerprint density at radius 3 is 2.67 bits per heavy atom. The van der Waals surface area contributed by atoms with Crippen molar-refractivity contribution in [3.8, 4) is 0 Å². The zero-order valence-corrected chi connectivity index (χ0v) is 12.0. The van der Waals surface area contributed by atoms with Gasteiger partial charge in [-0.15, -0.1) is 0 Å². The van der Waals surface area contributed by atoms with Crippen LogP contribution in [0.15, 0.2) is 22.7 Å². The Kier molecular flexibility index (Phi) is 3.16. The molecule has 1 aromatic carbocycles. The van der Waals surface area contributed by atoms with Crippen LogP contribution in [0, 0.1) is 18.8 Å². The highest BCUT2D eigenvalue weighted by Crippen LogP contribution is 2.29. The summed E-state index contributed by atoms with van der Waals surface area (Å²) in [6.07, 6.45) is 0. The van der Waals surface area contributed by atoms with Crippen LogP contribution in [-0.2, 0) is 0 Å². The van der Waals surface area contributed by atoms with Gasteiger partial charge in [-0.25, -0.2) is 0 Å². The van der Waals surface area contributed by atoms with Gasteiger partial charge in [0, 0.05) is 30.7 Å². The predicted molar refractivity (Wildman–Crippen MR) is 74.6 cm³/mol. The summed E-state index contributed by atoms with van der Waals surface area (Å²) in [5, 5.41) is 3.40. The SMILES string of the molecule is Cc1cccc(C(=O)N2CC3CNCC3C2)c1Br. The van der Waals surface area contributed by atoms with Crippen molar-refractivity contribution >= 4 is 21.8 Å². The summed E-state index contributed by atoms with van der Waals surface area (Å²) in [6.45, 7) is 5.93. The molecule has 2 atom stereocenters. The second kappa shape index (κ2) is 4.67. The maximum atomic E-state index is 12.5. The van der Waals surface area contributed by atoms with E-state index in [0.29, 0.717) is 11.8 Å². The van der Waals surface area contributed by atoms with Gasteiger partial charge < -0.3 is 10.2 Å². The van der Waals surface area contributed by atoms with Crippen LogP contribution in [0.3, 0.4) is 0 Å². The lowest BCUT2D eigenvalue weighted by atomic mass is 10.0. The molecule has 2 aliphatic rings. The van der Waals surface area contributed by atoms with Crippen LogP contribution in [0.25, 0.3) is 0 Å². The van der Waals surface area contributed by atoms with Gasteiger partial charge in [-0.05, 0) is 46.3 Å². The molecular weight excluding hydrogens is 292 g/mol. The van der Waals surface area contributed by atoms with Crippen LogP contribution in [0.2, 0.25) is 0 Å². The largest absolute Gasteiger partial charge is 0.338 e. The molecule has 96 valence electrons. The van der Waals surface area contributed by atoms with E-state index in [4.69, 9.17) is 0 Å². The normalized spacial score (nSPS) is 26.4. The van der Waals surface area contributed by atoms with Crippen molar-refractivity contribution in [2.45, 2.75) is 6.92 Å². The molecule has 1 aromatic rings. The molecule has 2 unspecified atom stereocenters. The summed E-state index contributed by atoms with van der Waals surface area (Å²) in [4.78, 5) is 14.5. The van der Waals surface area contributed by atoms with Crippen molar-refractivity contribution < 1.29 is 4.79 Å². The highest BCUT2D eigenvalue weighted by molar-refractivity contribution is 9.10. The van der Waals surface area contributed by atoms with Crippen LogP contribution in [0.1, 0.15) is 15.9 Å². The zero-order chi connectivity index (χ0) is 12.7. The van der Waals surface area contributed by atoms with Crippen LogP contribution in [0.5, 0.6) is 0 Å². The average molecular weight is 309 g/mol. The summed E-state index contributed by atoms with van der Waals surface area (Å²) in [6, 6.07) is 5.88. The minimum absolute atomic E-state index is 0.167. The summed E-state index contributed by atoms with van der Waals surface area (Å²) < 4.78 is 0.935. The van der Waals surface area contributed by atoms with Crippen LogP contribution >= 0.6 is 15.9 Å². The van der Waals surface area contributed by atoms with Crippen LogP contribution in [-0.4, -0.2) is 37.0 Å². The van der Waals surface area contributed by atoms with E-state index in [1.807, 2.05) is 30.0 Å². The number of carbonyl (C=O) groups excluding carboxylic acids is 1. The number of aryl methyl sites for hydroxylation is 1. The molecule has 18 heavy (non-hydrogen) atoms. The summed E-state index contributed by atoms with van der Waals surface area (Å²) in [5.41, 5.74) is 1.91. The number of amides is 1. The molecule has 3 rings (SSSR count). The quantitative estimate of drug-likeness (QED) is 0.861. The Bertz CT molecular complexity index is 477. The molecule has 2 aliphatic heterocycles. The van der Waals surface area contributed by atoms with Crippen molar-refractivity contribution in [3.63, 3.8) is 0 Å². The lowest BCUT2D eigenvalue weighted by Crippen LogP contribution is -2.32. The Balaban J connectivity index is 1.81. The smallest absolute Gasteiger partial charge is 0.255 e. The molecule has 4 heteroatoms. The molecule has 3 nitrogen and oxygen atoms in total. The maximum absolute atomic E-state index is 12.5. The van der Waals surface area contributed by atoms with Crippen molar-refractivity contribution in [3.05, 3.63) is 33.8 Å². The number of fused-ring (bicyclic) bond motifs is 1. The van der Waals surface area contributed by atoms with E-state index in [9.17, 15) is 4.79 Å². The molecule has 0 saturated carbocycles. The Morgan fingerprint density at radius 2 is 2.00 bits per heavy atom. The summed E-state index contributed by atoms with van der Waals surface area (Å²) in [5.74, 6) is 1.47. The van der Waals surface area contributed by atoms with E-state index < -0.39 is 0 Å². The van der Waals surface area contributed by atoms with Gasteiger partial charge in [0.05, 0.1) is 5.56 Å². The molecule has 2 heterocycles. The number of halogens is 1. The van der Waals surface area contributed by atoms with E-state index in [1.165, 1.54) is 0 Å². The molecule has 0 bridgehead atoms. The molecule has 0 aromatic heterocycles.